The third kappa shape index (κ3) is 1.68. The number of hydrogen-bond donors (Lipinski definition) is 2. The molecule has 3 nitrogen and oxygen atoms in total. The van der Waals surface area contributed by atoms with Gasteiger partial charge in [0.25, 0.3) is 0 Å². The number of anilines is 2. The van der Waals surface area contributed by atoms with Gasteiger partial charge in [0.15, 0.2) is 0 Å². The molecule has 0 aliphatic rings. The lowest BCUT2D eigenvalue weighted by Gasteiger charge is -2.10. The van der Waals surface area contributed by atoms with E-state index in [-0.39, 0.29) is 0 Å². The van der Waals surface area contributed by atoms with Crippen LogP contribution < -0.4 is 11.1 Å². The monoisotopic (exact) mass is 241 g/mol. The highest BCUT2D eigenvalue weighted by Crippen LogP contribution is 2.35. The molecule has 0 spiro atoms. The van der Waals surface area contributed by atoms with Crippen LogP contribution in [0.3, 0.4) is 0 Å². The molecule has 0 atom stereocenters. The molecule has 2 rings (SSSR count). The highest BCUT2D eigenvalue weighted by molar-refractivity contribution is 6.39. The summed E-state index contributed by atoms with van der Waals surface area (Å²) < 4.78 is 0. The molecule has 0 aliphatic carbocycles. The molecule has 0 saturated heterocycles. The fourth-order valence-electron chi connectivity index (χ4n) is 1.53. The van der Waals surface area contributed by atoms with Crippen molar-refractivity contribution in [1.29, 1.82) is 0 Å². The first-order valence-electron chi connectivity index (χ1n) is 4.34. The van der Waals surface area contributed by atoms with Gasteiger partial charge in [-0.1, -0.05) is 23.2 Å². The van der Waals surface area contributed by atoms with Crippen LogP contribution in [0.15, 0.2) is 18.3 Å². The van der Waals surface area contributed by atoms with Crippen molar-refractivity contribution < 1.29 is 0 Å². The van der Waals surface area contributed by atoms with Crippen molar-refractivity contribution in [3.8, 4) is 0 Å². The molecule has 0 unspecified atom stereocenters. The van der Waals surface area contributed by atoms with Crippen LogP contribution in [0, 0.1) is 0 Å². The standard InChI is InChI=1S/C10H9Cl2N3/c1-14-10-7(13)4-15-8-3-5(11)2-6(12)9(8)10/h2-4H,13H2,1H3,(H,14,15). The first-order chi connectivity index (χ1) is 7.13. The predicted octanol–water partition coefficient (Wildman–Crippen LogP) is 3.17. The maximum atomic E-state index is 6.10. The normalized spacial score (nSPS) is 10.6. The maximum Gasteiger partial charge on any atom is 0.0754 e. The quantitative estimate of drug-likeness (QED) is 0.807. The van der Waals surface area contributed by atoms with E-state index in [1.54, 1.807) is 25.4 Å². The number of fused-ring (bicyclic) bond motifs is 1. The summed E-state index contributed by atoms with van der Waals surface area (Å²) >= 11 is 12.0. The van der Waals surface area contributed by atoms with Crippen LogP contribution in [-0.4, -0.2) is 12.0 Å². The van der Waals surface area contributed by atoms with E-state index in [9.17, 15) is 0 Å². The van der Waals surface area contributed by atoms with Crippen molar-refractivity contribution in [2.24, 2.45) is 0 Å². The zero-order valence-electron chi connectivity index (χ0n) is 8.01. The molecule has 1 aromatic heterocycles. The fraction of sp³-hybridized carbons (Fsp3) is 0.100. The number of aromatic nitrogens is 1. The van der Waals surface area contributed by atoms with E-state index in [1.165, 1.54) is 0 Å². The Balaban J connectivity index is 2.91. The molecule has 0 radical (unpaired) electrons. The van der Waals surface area contributed by atoms with Gasteiger partial charge < -0.3 is 11.1 Å². The van der Waals surface area contributed by atoms with Gasteiger partial charge in [0.2, 0.25) is 0 Å². The molecule has 0 bridgehead atoms. The fourth-order valence-corrected chi connectivity index (χ4v) is 2.10. The van der Waals surface area contributed by atoms with Crippen molar-refractivity contribution in [1.82, 2.24) is 4.98 Å². The van der Waals surface area contributed by atoms with Gasteiger partial charge in [-0.25, -0.2) is 0 Å². The molecule has 15 heavy (non-hydrogen) atoms. The SMILES string of the molecule is CNc1c(N)cnc2cc(Cl)cc(Cl)c12. The molecule has 0 amide bonds. The smallest absolute Gasteiger partial charge is 0.0754 e. The van der Waals surface area contributed by atoms with Crippen LogP contribution in [0.25, 0.3) is 10.9 Å². The van der Waals surface area contributed by atoms with Gasteiger partial charge in [-0.05, 0) is 12.1 Å². The van der Waals surface area contributed by atoms with Crippen molar-refractivity contribution in [3.63, 3.8) is 0 Å². The summed E-state index contributed by atoms with van der Waals surface area (Å²) in [5.41, 5.74) is 7.86. The van der Waals surface area contributed by atoms with Gasteiger partial charge >= 0.3 is 0 Å². The minimum absolute atomic E-state index is 0.543. The molecular formula is C10H9Cl2N3. The highest BCUT2D eigenvalue weighted by Gasteiger charge is 2.09. The number of nitrogen functional groups attached to an aromatic ring is 1. The zero-order chi connectivity index (χ0) is 11.0. The second kappa shape index (κ2) is 3.76. The van der Waals surface area contributed by atoms with Crippen LogP contribution in [0.1, 0.15) is 0 Å². The number of nitrogens with zero attached hydrogens (tertiary/aromatic N) is 1. The third-order valence-electron chi connectivity index (χ3n) is 2.17. The average molecular weight is 242 g/mol. The molecular weight excluding hydrogens is 233 g/mol. The minimum atomic E-state index is 0.543. The molecule has 3 N–H and O–H groups in total. The van der Waals surface area contributed by atoms with Gasteiger partial charge in [-0.2, -0.15) is 0 Å². The Bertz CT molecular complexity index is 526. The van der Waals surface area contributed by atoms with Gasteiger partial charge in [-0.15, -0.1) is 0 Å². The number of hydrogen-bond acceptors (Lipinski definition) is 3. The zero-order valence-corrected chi connectivity index (χ0v) is 9.52. The molecule has 78 valence electrons. The Labute approximate surface area is 97.2 Å². The van der Waals surface area contributed by atoms with Gasteiger partial charge in [0, 0.05) is 17.5 Å². The summed E-state index contributed by atoms with van der Waals surface area (Å²) in [5.74, 6) is 0. The second-order valence-corrected chi connectivity index (χ2v) is 3.96. The average Bonchev–Trinajstić information content (AvgIpc) is 2.18. The van der Waals surface area contributed by atoms with Crippen LogP contribution >= 0.6 is 23.2 Å². The second-order valence-electron chi connectivity index (χ2n) is 3.12. The van der Waals surface area contributed by atoms with Crippen LogP contribution in [0.2, 0.25) is 10.0 Å². The van der Waals surface area contributed by atoms with Crippen molar-refractivity contribution in [3.05, 3.63) is 28.4 Å². The topological polar surface area (TPSA) is 50.9 Å². The molecule has 1 aromatic carbocycles. The van der Waals surface area contributed by atoms with Crippen molar-refractivity contribution in [2.45, 2.75) is 0 Å². The number of halogens is 2. The summed E-state index contributed by atoms with van der Waals surface area (Å²) in [6, 6.07) is 3.43. The summed E-state index contributed by atoms with van der Waals surface area (Å²) in [7, 11) is 1.79. The summed E-state index contributed by atoms with van der Waals surface area (Å²) in [4.78, 5) is 4.18. The van der Waals surface area contributed by atoms with Crippen molar-refractivity contribution in [2.75, 3.05) is 18.1 Å². The van der Waals surface area contributed by atoms with Crippen LogP contribution in [0.5, 0.6) is 0 Å². The van der Waals surface area contributed by atoms with E-state index in [0.717, 1.165) is 16.6 Å². The maximum absolute atomic E-state index is 6.10. The lowest BCUT2D eigenvalue weighted by Crippen LogP contribution is -1.98. The highest BCUT2D eigenvalue weighted by atomic mass is 35.5. The van der Waals surface area contributed by atoms with Gasteiger partial charge in [0.05, 0.1) is 28.1 Å². The number of pyridine rings is 1. The number of rotatable bonds is 1. The molecule has 0 aliphatic heterocycles. The minimum Gasteiger partial charge on any atom is -0.396 e. The van der Waals surface area contributed by atoms with E-state index < -0.39 is 0 Å². The Morgan fingerprint density at radius 3 is 2.73 bits per heavy atom. The Kier molecular flexibility index (Phi) is 2.59. The van der Waals surface area contributed by atoms with E-state index in [2.05, 4.69) is 10.3 Å². The van der Waals surface area contributed by atoms with E-state index in [1.807, 2.05) is 0 Å². The number of benzene rings is 1. The van der Waals surface area contributed by atoms with Crippen LogP contribution in [0.4, 0.5) is 11.4 Å². The lowest BCUT2D eigenvalue weighted by molar-refractivity contribution is 1.40. The first-order valence-corrected chi connectivity index (χ1v) is 5.10. The predicted molar refractivity (Wildman–Crippen MR) is 65.7 cm³/mol. The van der Waals surface area contributed by atoms with Crippen LogP contribution in [-0.2, 0) is 0 Å². The van der Waals surface area contributed by atoms with Gasteiger partial charge in [0.1, 0.15) is 0 Å². The third-order valence-corrected chi connectivity index (χ3v) is 2.68. The Morgan fingerprint density at radius 1 is 1.33 bits per heavy atom. The molecule has 0 fully saturated rings. The molecule has 5 heteroatoms. The van der Waals surface area contributed by atoms with Crippen molar-refractivity contribution >= 4 is 45.5 Å². The molecule has 2 aromatic rings. The lowest BCUT2D eigenvalue weighted by atomic mass is 10.1. The Hall–Kier alpha value is -1.19. The summed E-state index contributed by atoms with van der Waals surface area (Å²) in [6.45, 7) is 0. The van der Waals surface area contributed by atoms with Gasteiger partial charge in [-0.3, -0.25) is 4.98 Å². The van der Waals surface area contributed by atoms with E-state index in [0.29, 0.717) is 15.7 Å². The van der Waals surface area contributed by atoms with E-state index in [4.69, 9.17) is 28.9 Å². The Morgan fingerprint density at radius 2 is 2.07 bits per heavy atom. The summed E-state index contributed by atoms with van der Waals surface area (Å²) in [6.07, 6.45) is 1.58. The molecule has 0 saturated carbocycles. The summed E-state index contributed by atoms with van der Waals surface area (Å²) in [5, 5.41) is 4.91. The van der Waals surface area contributed by atoms with E-state index >= 15 is 0 Å². The number of nitrogens with two attached hydrogens (primary N) is 1. The first kappa shape index (κ1) is 10.3. The number of nitrogens with one attached hydrogen (secondary N) is 1. The largest absolute Gasteiger partial charge is 0.396 e. The molecule has 1 heterocycles.